The molecule has 0 radical (unpaired) electrons. The maximum atomic E-state index is 10.9. The molecule has 0 aliphatic carbocycles. The van der Waals surface area contributed by atoms with E-state index in [0.717, 1.165) is 0 Å². The predicted octanol–water partition coefficient (Wildman–Crippen LogP) is 3.56. The molecule has 1 rings (SSSR count). The number of hydrogen-bond donors (Lipinski definition) is 1. The summed E-state index contributed by atoms with van der Waals surface area (Å²) >= 11 is 0. The molecular weight excluding hydrogens is 242 g/mol. The first-order chi connectivity index (χ1) is 8.75. The molecule has 5 nitrogen and oxygen atoms in total. The summed E-state index contributed by atoms with van der Waals surface area (Å²) in [5, 5.41) is 22.9. The lowest BCUT2D eigenvalue weighted by Crippen LogP contribution is -2.25. The highest BCUT2D eigenvalue weighted by Gasteiger charge is 2.21. The Morgan fingerprint density at radius 2 is 2.11 bits per heavy atom. The van der Waals surface area contributed by atoms with Crippen LogP contribution in [0, 0.1) is 32.8 Å². The van der Waals surface area contributed by atoms with Crippen molar-refractivity contribution in [1.29, 1.82) is 5.26 Å². The molecule has 1 N–H and O–H groups in total. The third-order valence-electron chi connectivity index (χ3n) is 3.40. The first-order valence-corrected chi connectivity index (χ1v) is 6.18. The van der Waals surface area contributed by atoms with E-state index in [2.05, 4.69) is 33.0 Å². The van der Waals surface area contributed by atoms with Gasteiger partial charge in [-0.1, -0.05) is 27.7 Å². The third kappa shape index (κ3) is 3.95. The lowest BCUT2D eigenvalue weighted by atomic mass is 9.82. The van der Waals surface area contributed by atoms with Crippen molar-refractivity contribution in [2.45, 2.75) is 27.7 Å². The molecular formula is C14H19N3O2. The fourth-order valence-electron chi connectivity index (χ4n) is 1.48. The minimum absolute atomic E-state index is 0.000101. The number of nitro groups is 1. The van der Waals surface area contributed by atoms with Gasteiger partial charge in [0.15, 0.2) is 0 Å². The maximum Gasteiger partial charge on any atom is 0.292 e. The summed E-state index contributed by atoms with van der Waals surface area (Å²) in [4.78, 5) is 10.5. The summed E-state index contributed by atoms with van der Waals surface area (Å²) in [6.45, 7) is 9.09. The predicted molar refractivity (Wildman–Crippen MR) is 74.9 cm³/mol. The van der Waals surface area contributed by atoms with Crippen LogP contribution in [0.4, 0.5) is 11.4 Å². The molecule has 1 aromatic carbocycles. The second kappa shape index (κ2) is 5.70. The molecule has 0 spiro atoms. The molecule has 0 heterocycles. The number of nitrogens with zero attached hydrogens (tertiary/aromatic N) is 2. The minimum atomic E-state index is -0.439. The lowest BCUT2D eigenvalue weighted by molar-refractivity contribution is -0.384. The van der Waals surface area contributed by atoms with Gasteiger partial charge in [-0.2, -0.15) is 5.26 Å². The molecule has 0 bridgehead atoms. The molecule has 0 aliphatic rings. The molecule has 1 aromatic rings. The van der Waals surface area contributed by atoms with Crippen LogP contribution in [0.25, 0.3) is 0 Å². The molecule has 0 fully saturated rings. The summed E-state index contributed by atoms with van der Waals surface area (Å²) in [5.41, 5.74) is 0.936. The monoisotopic (exact) mass is 261 g/mol. The van der Waals surface area contributed by atoms with Crippen molar-refractivity contribution in [1.82, 2.24) is 0 Å². The Hall–Kier alpha value is -2.09. The van der Waals surface area contributed by atoms with Crippen molar-refractivity contribution in [3.8, 4) is 6.07 Å². The van der Waals surface area contributed by atoms with Crippen molar-refractivity contribution >= 4 is 11.4 Å². The fraction of sp³-hybridized carbons (Fsp3) is 0.500. The summed E-state index contributed by atoms with van der Waals surface area (Å²) < 4.78 is 0. The zero-order valence-electron chi connectivity index (χ0n) is 11.7. The normalized spacial score (nSPS) is 12.6. The lowest BCUT2D eigenvalue weighted by Gasteiger charge is -2.27. The number of nitro benzene ring substituents is 1. The molecule has 19 heavy (non-hydrogen) atoms. The average Bonchev–Trinajstić information content (AvgIpc) is 2.33. The highest BCUT2D eigenvalue weighted by molar-refractivity contribution is 5.64. The van der Waals surface area contributed by atoms with E-state index in [1.165, 1.54) is 18.2 Å². The zero-order chi connectivity index (χ0) is 14.6. The van der Waals surface area contributed by atoms with Crippen LogP contribution in [-0.2, 0) is 0 Å². The van der Waals surface area contributed by atoms with Crippen molar-refractivity contribution in [3.63, 3.8) is 0 Å². The first kappa shape index (κ1) is 15.0. The van der Waals surface area contributed by atoms with Crippen molar-refractivity contribution in [2.75, 3.05) is 11.9 Å². The van der Waals surface area contributed by atoms with Gasteiger partial charge in [0.2, 0.25) is 0 Å². The van der Waals surface area contributed by atoms with Crippen LogP contribution in [0.15, 0.2) is 18.2 Å². The number of hydrogen-bond acceptors (Lipinski definition) is 4. The van der Waals surface area contributed by atoms with Crippen molar-refractivity contribution in [3.05, 3.63) is 33.9 Å². The Kier molecular flexibility index (Phi) is 4.49. The van der Waals surface area contributed by atoms with E-state index >= 15 is 0 Å². The van der Waals surface area contributed by atoms with Gasteiger partial charge >= 0.3 is 0 Å². The smallest absolute Gasteiger partial charge is 0.292 e. The number of nitrogens with one attached hydrogen (secondary N) is 1. The van der Waals surface area contributed by atoms with Crippen LogP contribution in [0.2, 0.25) is 0 Å². The highest BCUT2D eigenvalue weighted by Crippen LogP contribution is 2.29. The van der Waals surface area contributed by atoms with E-state index in [-0.39, 0.29) is 11.1 Å². The summed E-state index contributed by atoms with van der Waals surface area (Å²) in [5.74, 6) is 0.345. The number of anilines is 1. The second-order valence-corrected chi connectivity index (χ2v) is 5.75. The number of nitriles is 1. The van der Waals surface area contributed by atoms with Gasteiger partial charge in [-0.3, -0.25) is 10.1 Å². The Morgan fingerprint density at radius 1 is 1.47 bits per heavy atom. The largest absolute Gasteiger partial charge is 0.379 e. The molecule has 0 aromatic heterocycles. The topological polar surface area (TPSA) is 79.0 Å². The molecule has 0 saturated carbocycles. The third-order valence-corrected chi connectivity index (χ3v) is 3.40. The van der Waals surface area contributed by atoms with E-state index in [9.17, 15) is 10.1 Å². The van der Waals surface area contributed by atoms with Crippen LogP contribution in [0.1, 0.15) is 33.3 Å². The van der Waals surface area contributed by atoms with Crippen LogP contribution < -0.4 is 5.32 Å². The second-order valence-electron chi connectivity index (χ2n) is 5.75. The van der Waals surface area contributed by atoms with Gasteiger partial charge in [-0.25, -0.2) is 0 Å². The molecule has 102 valence electrons. The molecule has 1 atom stereocenters. The standard InChI is InChI=1S/C14H19N3O2/c1-10(14(2,3)4)9-16-12-7-11(8-15)5-6-13(12)17(18)19/h5-7,10,16H,9H2,1-4H3. The first-order valence-electron chi connectivity index (χ1n) is 6.18. The van der Waals surface area contributed by atoms with E-state index < -0.39 is 4.92 Å². The summed E-state index contributed by atoms with van der Waals surface area (Å²) in [6, 6.07) is 6.33. The highest BCUT2D eigenvalue weighted by atomic mass is 16.6. The van der Waals surface area contributed by atoms with Gasteiger partial charge < -0.3 is 5.32 Å². The zero-order valence-corrected chi connectivity index (χ0v) is 11.7. The fourth-order valence-corrected chi connectivity index (χ4v) is 1.48. The van der Waals surface area contributed by atoms with Gasteiger partial charge in [0.25, 0.3) is 5.69 Å². The number of rotatable bonds is 4. The Labute approximate surface area is 113 Å². The van der Waals surface area contributed by atoms with Crippen LogP contribution in [0.5, 0.6) is 0 Å². The van der Waals surface area contributed by atoms with Gasteiger partial charge in [0.05, 0.1) is 16.6 Å². The molecule has 0 aliphatic heterocycles. The van der Waals surface area contributed by atoms with Gasteiger partial charge in [0, 0.05) is 12.6 Å². The SMILES string of the molecule is CC(CNc1cc(C#N)ccc1[N+](=O)[O-])C(C)(C)C. The van der Waals surface area contributed by atoms with E-state index in [0.29, 0.717) is 23.7 Å². The minimum Gasteiger partial charge on any atom is -0.379 e. The molecule has 0 saturated heterocycles. The molecule has 5 heteroatoms. The maximum absolute atomic E-state index is 10.9. The van der Waals surface area contributed by atoms with Gasteiger partial charge in [-0.05, 0) is 23.5 Å². The van der Waals surface area contributed by atoms with Crippen molar-refractivity contribution in [2.24, 2.45) is 11.3 Å². The van der Waals surface area contributed by atoms with Crippen LogP contribution >= 0.6 is 0 Å². The van der Waals surface area contributed by atoms with Crippen LogP contribution in [0.3, 0.4) is 0 Å². The van der Waals surface area contributed by atoms with Crippen LogP contribution in [-0.4, -0.2) is 11.5 Å². The van der Waals surface area contributed by atoms with E-state index in [4.69, 9.17) is 5.26 Å². The quantitative estimate of drug-likeness (QED) is 0.663. The Balaban J connectivity index is 2.93. The summed E-state index contributed by atoms with van der Waals surface area (Å²) in [6.07, 6.45) is 0. The van der Waals surface area contributed by atoms with Crippen molar-refractivity contribution < 1.29 is 4.92 Å². The summed E-state index contributed by atoms with van der Waals surface area (Å²) in [7, 11) is 0. The van der Waals surface area contributed by atoms with Gasteiger partial charge in [-0.15, -0.1) is 0 Å². The molecule has 1 unspecified atom stereocenters. The molecule has 0 amide bonds. The Morgan fingerprint density at radius 3 is 2.58 bits per heavy atom. The van der Waals surface area contributed by atoms with Gasteiger partial charge in [0.1, 0.15) is 5.69 Å². The average molecular weight is 261 g/mol. The number of benzene rings is 1. The van der Waals surface area contributed by atoms with E-state index in [1.807, 2.05) is 6.07 Å². The van der Waals surface area contributed by atoms with E-state index in [1.54, 1.807) is 0 Å². The Bertz CT molecular complexity index is 512.